The molecule has 0 aliphatic heterocycles. The predicted octanol–water partition coefficient (Wildman–Crippen LogP) is 1.53. The minimum atomic E-state index is -0.0893. The fourth-order valence-electron chi connectivity index (χ4n) is 1.95. The summed E-state index contributed by atoms with van der Waals surface area (Å²) in [6, 6.07) is 1.57. The fourth-order valence-corrected chi connectivity index (χ4v) is 1.95. The van der Waals surface area contributed by atoms with E-state index in [1.54, 1.807) is 6.07 Å². The van der Waals surface area contributed by atoms with Crippen LogP contribution in [0.2, 0.25) is 0 Å². The summed E-state index contributed by atoms with van der Waals surface area (Å²) < 4.78 is 0. The maximum absolute atomic E-state index is 11.7. The summed E-state index contributed by atoms with van der Waals surface area (Å²) in [7, 11) is 0. The Morgan fingerprint density at radius 2 is 2.11 bits per heavy atom. The molecule has 5 nitrogen and oxygen atoms in total. The van der Waals surface area contributed by atoms with Gasteiger partial charge in [0.1, 0.15) is 11.6 Å². The standard InChI is InChI=1S/C14H26N4O/c1-5-7-18(10-14(3,4)9-15)12-8-13(19)17-11(6-2)16-12/h8H,5-7,9-10,15H2,1-4H3,(H,16,17,19). The summed E-state index contributed by atoms with van der Waals surface area (Å²) in [6.07, 6.45) is 1.74. The molecule has 0 bridgehead atoms. The summed E-state index contributed by atoms with van der Waals surface area (Å²) in [5, 5.41) is 0. The number of nitrogens with one attached hydrogen (secondary N) is 1. The summed E-state index contributed by atoms with van der Waals surface area (Å²) in [6.45, 7) is 10.6. The molecule has 0 radical (unpaired) electrons. The first-order chi connectivity index (χ1) is 8.91. The van der Waals surface area contributed by atoms with Gasteiger partial charge in [0.2, 0.25) is 0 Å². The van der Waals surface area contributed by atoms with Crippen LogP contribution < -0.4 is 16.2 Å². The molecule has 0 aliphatic carbocycles. The predicted molar refractivity (Wildman–Crippen MR) is 79.6 cm³/mol. The number of nitrogens with zero attached hydrogens (tertiary/aromatic N) is 2. The van der Waals surface area contributed by atoms with Gasteiger partial charge in [-0.15, -0.1) is 0 Å². The average molecular weight is 266 g/mol. The van der Waals surface area contributed by atoms with Crippen molar-refractivity contribution in [1.29, 1.82) is 0 Å². The van der Waals surface area contributed by atoms with Crippen molar-refractivity contribution in [3.63, 3.8) is 0 Å². The smallest absolute Gasteiger partial charge is 0.252 e. The summed E-state index contributed by atoms with van der Waals surface area (Å²) in [4.78, 5) is 21.1. The zero-order chi connectivity index (χ0) is 14.5. The average Bonchev–Trinajstić information content (AvgIpc) is 2.37. The molecule has 108 valence electrons. The third-order valence-electron chi connectivity index (χ3n) is 3.10. The first-order valence-corrected chi connectivity index (χ1v) is 6.97. The number of nitrogens with two attached hydrogens (primary N) is 1. The molecule has 1 aromatic rings. The highest BCUT2D eigenvalue weighted by Gasteiger charge is 2.21. The Morgan fingerprint density at radius 1 is 1.42 bits per heavy atom. The van der Waals surface area contributed by atoms with E-state index < -0.39 is 0 Å². The maximum atomic E-state index is 11.7. The molecule has 0 aromatic carbocycles. The van der Waals surface area contributed by atoms with Crippen molar-refractivity contribution < 1.29 is 0 Å². The lowest BCUT2D eigenvalue weighted by Gasteiger charge is -2.32. The van der Waals surface area contributed by atoms with Crippen molar-refractivity contribution in [2.75, 3.05) is 24.5 Å². The molecule has 3 N–H and O–H groups in total. The van der Waals surface area contributed by atoms with Crippen LogP contribution in [0.5, 0.6) is 0 Å². The molecule has 0 saturated carbocycles. The van der Waals surface area contributed by atoms with Crippen LogP contribution in [0.1, 0.15) is 39.9 Å². The maximum Gasteiger partial charge on any atom is 0.252 e. The Morgan fingerprint density at radius 3 is 2.63 bits per heavy atom. The lowest BCUT2D eigenvalue weighted by atomic mass is 9.93. The molecule has 1 heterocycles. The van der Waals surface area contributed by atoms with E-state index in [4.69, 9.17) is 5.73 Å². The minimum absolute atomic E-state index is 0.00579. The first kappa shape index (κ1) is 15.7. The van der Waals surface area contributed by atoms with Gasteiger partial charge in [0.25, 0.3) is 5.56 Å². The molecule has 1 rings (SSSR count). The highest BCUT2D eigenvalue weighted by Crippen LogP contribution is 2.19. The van der Waals surface area contributed by atoms with Gasteiger partial charge in [0.15, 0.2) is 0 Å². The molecule has 0 aliphatic rings. The molecule has 0 atom stereocenters. The topological polar surface area (TPSA) is 75.0 Å². The van der Waals surface area contributed by atoms with Gasteiger partial charge in [0, 0.05) is 25.6 Å². The van der Waals surface area contributed by atoms with E-state index in [2.05, 4.69) is 35.6 Å². The number of hydrogen-bond donors (Lipinski definition) is 2. The number of hydrogen-bond acceptors (Lipinski definition) is 4. The van der Waals surface area contributed by atoms with Crippen molar-refractivity contribution in [1.82, 2.24) is 9.97 Å². The van der Waals surface area contributed by atoms with Crippen LogP contribution in [0.4, 0.5) is 5.82 Å². The number of aromatic amines is 1. The zero-order valence-corrected chi connectivity index (χ0v) is 12.5. The van der Waals surface area contributed by atoms with Crippen molar-refractivity contribution in [3.8, 4) is 0 Å². The van der Waals surface area contributed by atoms with Crippen LogP contribution in [0.3, 0.4) is 0 Å². The largest absolute Gasteiger partial charge is 0.356 e. The van der Waals surface area contributed by atoms with Crippen molar-refractivity contribution in [2.45, 2.75) is 40.5 Å². The van der Waals surface area contributed by atoms with Gasteiger partial charge in [-0.2, -0.15) is 0 Å². The van der Waals surface area contributed by atoms with Gasteiger partial charge in [-0.1, -0.05) is 27.7 Å². The van der Waals surface area contributed by atoms with Gasteiger partial charge >= 0.3 is 0 Å². The molecular weight excluding hydrogens is 240 g/mol. The highest BCUT2D eigenvalue weighted by molar-refractivity contribution is 5.37. The van der Waals surface area contributed by atoms with Crippen LogP contribution in [0, 0.1) is 5.41 Å². The zero-order valence-electron chi connectivity index (χ0n) is 12.5. The third kappa shape index (κ3) is 4.67. The normalized spacial score (nSPS) is 11.6. The molecule has 5 heteroatoms. The van der Waals surface area contributed by atoms with Gasteiger partial charge in [0.05, 0.1) is 0 Å². The second kappa shape index (κ2) is 6.70. The third-order valence-corrected chi connectivity index (χ3v) is 3.10. The number of aromatic nitrogens is 2. The summed E-state index contributed by atoms with van der Waals surface area (Å²) >= 11 is 0. The van der Waals surface area contributed by atoms with Gasteiger partial charge in [-0.05, 0) is 18.4 Å². The Balaban J connectivity index is 3.04. The molecular formula is C14H26N4O. The molecule has 0 saturated heterocycles. The Hall–Kier alpha value is -1.36. The minimum Gasteiger partial charge on any atom is -0.356 e. The quantitative estimate of drug-likeness (QED) is 0.785. The van der Waals surface area contributed by atoms with E-state index >= 15 is 0 Å². The number of anilines is 1. The van der Waals surface area contributed by atoms with E-state index in [0.717, 1.165) is 37.6 Å². The number of rotatable bonds is 7. The van der Waals surface area contributed by atoms with Crippen molar-refractivity contribution >= 4 is 5.82 Å². The SMILES string of the molecule is CCCN(CC(C)(C)CN)c1cc(=O)[nH]c(CC)n1. The number of H-pyrrole nitrogens is 1. The molecule has 0 unspecified atom stereocenters. The molecule has 0 fully saturated rings. The molecule has 1 aromatic heterocycles. The molecule has 0 amide bonds. The van der Waals surface area contributed by atoms with E-state index in [9.17, 15) is 4.79 Å². The Labute approximate surface area is 115 Å². The van der Waals surface area contributed by atoms with Gasteiger partial charge in [-0.3, -0.25) is 4.79 Å². The van der Waals surface area contributed by atoms with Crippen LogP contribution in [0.15, 0.2) is 10.9 Å². The van der Waals surface area contributed by atoms with Crippen LogP contribution >= 0.6 is 0 Å². The van der Waals surface area contributed by atoms with Gasteiger partial charge < -0.3 is 15.6 Å². The lowest BCUT2D eigenvalue weighted by Crippen LogP contribution is -2.40. The second-order valence-electron chi connectivity index (χ2n) is 5.69. The van der Waals surface area contributed by atoms with Crippen LogP contribution in [-0.2, 0) is 6.42 Å². The van der Waals surface area contributed by atoms with E-state index in [0.29, 0.717) is 6.54 Å². The molecule has 19 heavy (non-hydrogen) atoms. The fraction of sp³-hybridized carbons (Fsp3) is 0.714. The van der Waals surface area contributed by atoms with Crippen molar-refractivity contribution in [3.05, 3.63) is 22.2 Å². The summed E-state index contributed by atoms with van der Waals surface area (Å²) in [5.74, 6) is 1.48. The lowest BCUT2D eigenvalue weighted by molar-refractivity contribution is 0.376. The molecule has 0 spiro atoms. The van der Waals surface area contributed by atoms with Crippen molar-refractivity contribution in [2.24, 2.45) is 11.1 Å². The first-order valence-electron chi connectivity index (χ1n) is 6.97. The number of aryl methyl sites for hydroxylation is 1. The Kier molecular flexibility index (Phi) is 5.54. The summed E-state index contributed by atoms with van der Waals surface area (Å²) in [5.41, 5.74) is 5.72. The monoisotopic (exact) mass is 266 g/mol. The van der Waals surface area contributed by atoms with Gasteiger partial charge in [-0.25, -0.2) is 4.98 Å². The Bertz CT molecular complexity index is 453. The van der Waals surface area contributed by atoms with E-state index in [1.165, 1.54) is 0 Å². The van der Waals surface area contributed by atoms with E-state index in [1.807, 2.05) is 6.92 Å². The second-order valence-corrected chi connectivity index (χ2v) is 5.69. The van der Waals surface area contributed by atoms with E-state index in [-0.39, 0.29) is 11.0 Å². The van der Waals surface area contributed by atoms with Crippen LogP contribution in [0.25, 0.3) is 0 Å². The van der Waals surface area contributed by atoms with Crippen LogP contribution in [-0.4, -0.2) is 29.6 Å². The highest BCUT2D eigenvalue weighted by atomic mass is 16.1.